The summed E-state index contributed by atoms with van der Waals surface area (Å²) in [4.78, 5) is 22.9. The van der Waals surface area contributed by atoms with Crippen LogP contribution in [0.3, 0.4) is 0 Å². The molecule has 1 amide bonds. The first-order chi connectivity index (χ1) is 9.10. The summed E-state index contributed by atoms with van der Waals surface area (Å²) < 4.78 is 53.0. The fourth-order valence-corrected chi connectivity index (χ4v) is 1.28. The molecule has 118 valence electrons. The van der Waals surface area contributed by atoms with Gasteiger partial charge in [0.1, 0.15) is 0 Å². The van der Waals surface area contributed by atoms with E-state index < -0.39 is 30.1 Å². The highest BCUT2D eigenvalue weighted by molar-refractivity contribution is 5.85. The number of nitrogens with one attached hydrogen (secondary N) is 1. The summed E-state index contributed by atoms with van der Waals surface area (Å²) in [5, 5.41) is 1.40. The number of halogens is 3. The second-order valence-electron chi connectivity index (χ2n) is 3.91. The van der Waals surface area contributed by atoms with Crippen molar-refractivity contribution < 1.29 is 37.0 Å². The molecule has 0 spiro atoms. The topological polar surface area (TPSA) is 73.9 Å². The van der Waals surface area contributed by atoms with E-state index in [2.05, 4.69) is 14.2 Å². The molecule has 1 atom stereocenters. The second kappa shape index (κ2) is 7.32. The highest BCUT2D eigenvalue weighted by atomic mass is 19.4. The number of rotatable bonds is 6. The molecule has 0 fully saturated rings. The molecule has 0 radical (unpaired) electrons. The molecule has 0 aliphatic rings. The second-order valence-corrected chi connectivity index (χ2v) is 3.91. The first kappa shape index (κ1) is 18.5. The van der Waals surface area contributed by atoms with Crippen molar-refractivity contribution in [1.82, 2.24) is 5.32 Å². The van der Waals surface area contributed by atoms with Gasteiger partial charge < -0.3 is 14.2 Å². The molecule has 0 bridgehead atoms. The van der Waals surface area contributed by atoms with Gasteiger partial charge in [-0.15, -0.1) is 0 Å². The van der Waals surface area contributed by atoms with E-state index in [0.29, 0.717) is 0 Å². The van der Waals surface area contributed by atoms with Gasteiger partial charge in [0, 0.05) is 0 Å². The molecular weight excluding hydrogens is 283 g/mol. The van der Waals surface area contributed by atoms with Crippen molar-refractivity contribution >= 4 is 12.1 Å². The molecule has 0 aromatic heterocycles. The monoisotopic (exact) mass is 301 g/mol. The van der Waals surface area contributed by atoms with Crippen molar-refractivity contribution in [2.45, 2.75) is 45.7 Å². The zero-order valence-corrected chi connectivity index (χ0v) is 11.7. The number of amides is 1. The summed E-state index contributed by atoms with van der Waals surface area (Å²) >= 11 is 0. The van der Waals surface area contributed by atoms with E-state index in [9.17, 15) is 22.8 Å². The molecule has 0 aliphatic heterocycles. The third kappa shape index (κ3) is 4.55. The predicted molar refractivity (Wildman–Crippen MR) is 61.8 cm³/mol. The molecule has 0 rings (SSSR count). The molecule has 0 saturated carbocycles. The van der Waals surface area contributed by atoms with Crippen molar-refractivity contribution in [2.24, 2.45) is 0 Å². The number of alkyl carbamates (subject to hydrolysis) is 1. The van der Waals surface area contributed by atoms with Crippen LogP contribution in [0.5, 0.6) is 0 Å². The van der Waals surface area contributed by atoms with Crippen LogP contribution in [0.4, 0.5) is 18.0 Å². The van der Waals surface area contributed by atoms with E-state index in [-0.39, 0.29) is 13.2 Å². The minimum atomic E-state index is -5.21. The maximum absolute atomic E-state index is 13.2. The lowest BCUT2D eigenvalue weighted by molar-refractivity contribution is -0.293. The smallest absolute Gasteiger partial charge is 0.448 e. The quantitative estimate of drug-likeness (QED) is 0.600. The molecule has 0 aliphatic carbocycles. The molecule has 1 N–H and O–H groups in total. The zero-order chi connectivity index (χ0) is 16.0. The average Bonchev–Trinajstić information content (AvgIpc) is 2.26. The molecule has 20 heavy (non-hydrogen) atoms. The summed E-state index contributed by atoms with van der Waals surface area (Å²) in [7, 11) is 0. The number of hydrogen-bond donors (Lipinski definition) is 1. The fraction of sp³-hybridized carbons (Fsp3) is 0.818. The van der Waals surface area contributed by atoms with Crippen LogP contribution in [0.25, 0.3) is 0 Å². The van der Waals surface area contributed by atoms with Crippen LogP contribution in [0.2, 0.25) is 0 Å². The van der Waals surface area contributed by atoms with Crippen LogP contribution in [-0.4, -0.2) is 43.3 Å². The zero-order valence-electron chi connectivity index (χ0n) is 11.7. The van der Waals surface area contributed by atoms with Gasteiger partial charge in [-0.1, -0.05) is 0 Å². The number of esters is 1. The van der Waals surface area contributed by atoms with Crippen molar-refractivity contribution in [3.05, 3.63) is 0 Å². The van der Waals surface area contributed by atoms with Gasteiger partial charge in [0.05, 0.1) is 19.3 Å². The van der Waals surface area contributed by atoms with Crippen molar-refractivity contribution in [3.63, 3.8) is 0 Å². The van der Waals surface area contributed by atoms with Gasteiger partial charge in [-0.05, 0) is 27.7 Å². The lowest BCUT2D eigenvalue weighted by Crippen LogP contribution is -2.67. The number of hydrogen-bond acceptors (Lipinski definition) is 5. The van der Waals surface area contributed by atoms with Gasteiger partial charge in [-0.3, -0.25) is 5.32 Å². The number of carbonyl (C=O) groups is 2. The minimum Gasteiger partial charge on any atom is -0.462 e. The van der Waals surface area contributed by atoms with Crippen LogP contribution >= 0.6 is 0 Å². The minimum absolute atomic E-state index is 0.162. The van der Waals surface area contributed by atoms with Crippen molar-refractivity contribution in [3.8, 4) is 0 Å². The maximum Gasteiger partial charge on any atom is 0.448 e. The van der Waals surface area contributed by atoms with Crippen molar-refractivity contribution in [1.29, 1.82) is 0 Å². The van der Waals surface area contributed by atoms with Gasteiger partial charge in [0.25, 0.3) is 0 Å². The highest BCUT2D eigenvalue weighted by Gasteiger charge is 2.65. The van der Waals surface area contributed by atoms with E-state index in [1.165, 1.54) is 33.0 Å². The molecule has 1 unspecified atom stereocenters. The fourth-order valence-electron chi connectivity index (χ4n) is 1.28. The predicted octanol–water partition coefficient (Wildman–Crippen LogP) is 1.98. The van der Waals surface area contributed by atoms with Gasteiger partial charge >= 0.3 is 24.0 Å². The lowest BCUT2D eigenvalue weighted by Gasteiger charge is -2.34. The third-order valence-corrected chi connectivity index (χ3v) is 1.93. The molecule has 0 saturated heterocycles. The highest BCUT2D eigenvalue weighted by Crippen LogP contribution is 2.34. The number of carbonyl (C=O) groups excluding carboxylic acids is 2. The third-order valence-electron chi connectivity index (χ3n) is 1.93. The lowest BCUT2D eigenvalue weighted by atomic mass is 10.2. The summed E-state index contributed by atoms with van der Waals surface area (Å²) in [6.07, 6.45) is -7.64. The Hall–Kier alpha value is -1.51. The molecule has 0 aromatic carbocycles. The Labute approximate surface area is 114 Å². The first-order valence-electron chi connectivity index (χ1n) is 5.97. The SMILES string of the molecule is CCOC(=O)NC(OC(C)C)(C(=O)OCC)C(F)(F)F. The average molecular weight is 301 g/mol. The Bertz CT molecular complexity index is 345. The van der Waals surface area contributed by atoms with Crippen LogP contribution in [0.15, 0.2) is 0 Å². The summed E-state index contributed by atoms with van der Waals surface area (Å²) in [6, 6.07) is 0. The Balaban J connectivity index is 5.54. The van der Waals surface area contributed by atoms with Gasteiger partial charge in [-0.2, -0.15) is 13.2 Å². The van der Waals surface area contributed by atoms with E-state index >= 15 is 0 Å². The largest absolute Gasteiger partial charge is 0.462 e. The molecule has 9 heteroatoms. The van der Waals surface area contributed by atoms with Gasteiger partial charge in [-0.25, -0.2) is 9.59 Å². The van der Waals surface area contributed by atoms with E-state index in [4.69, 9.17) is 0 Å². The van der Waals surface area contributed by atoms with Crippen LogP contribution < -0.4 is 5.32 Å². The summed E-state index contributed by atoms with van der Waals surface area (Å²) in [5.74, 6) is -1.76. The maximum atomic E-state index is 13.2. The van der Waals surface area contributed by atoms with Crippen molar-refractivity contribution in [2.75, 3.05) is 13.2 Å². The Morgan fingerprint density at radius 2 is 1.60 bits per heavy atom. The summed E-state index contributed by atoms with van der Waals surface area (Å²) in [6.45, 7) is 4.84. The molecule has 0 aromatic rings. The standard InChI is InChI=1S/C11H18F3NO5/c1-5-18-8(16)10(11(12,13)14,20-7(3)4)15-9(17)19-6-2/h7H,5-6H2,1-4H3,(H,15,17). The molecular formula is C11H18F3NO5. The van der Waals surface area contributed by atoms with E-state index in [1.54, 1.807) is 0 Å². The number of ether oxygens (including phenoxy) is 3. The molecule has 6 nitrogen and oxygen atoms in total. The first-order valence-corrected chi connectivity index (χ1v) is 5.97. The van der Waals surface area contributed by atoms with Crippen LogP contribution in [0.1, 0.15) is 27.7 Å². The Kier molecular flexibility index (Phi) is 6.77. The number of alkyl halides is 3. The van der Waals surface area contributed by atoms with Crippen LogP contribution in [-0.2, 0) is 19.0 Å². The summed E-state index contributed by atoms with van der Waals surface area (Å²) in [5.41, 5.74) is -3.59. The van der Waals surface area contributed by atoms with Crippen LogP contribution in [0, 0.1) is 0 Å². The molecule has 0 heterocycles. The normalized spacial score (nSPS) is 14.6. The van der Waals surface area contributed by atoms with Gasteiger partial charge in [0.15, 0.2) is 0 Å². The Morgan fingerprint density at radius 1 is 1.10 bits per heavy atom. The van der Waals surface area contributed by atoms with Gasteiger partial charge in [0.2, 0.25) is 0 Å². The Morgan fingerprint density at radius 3 is 1.95 bits per heavy atom. The van der Waals surface area contributed by atoms with E-state index in [1.807, 2.05) is 0 Å². The van der Waals surface area contributed by atoms with E-state index in [0.717, 1.165) is 0 Å².